The zero-order chi connectivity index (χ0) is 10.1. The Morgan fingerprint density at radius 1 is 1.36 bits per heavy atom. The second kappa shape index (κ2) is 3.14. The van der Waals surface area contributed by atoms with Crippen LogP contribution in [0.2, 0.25) is 0 Å². The standard InChI is InChI=1S/C12H11NO/c1-8(2)9-5-6-11(14)12-10(9)4-3-7-13-12/h3-7,14H,1H2,2H3. The average Bonchev–Trinajstić information content (AvgIpc) is 2.18. The Hall–Kier alpha value is -1.83. The fraction of sp³-hybridized carbons (Fsp3) is 0.0833. The summed E-state index contributed by atoms with van der Waals surface area (Å²) in [6.07, 6.45) is 1.67. The molecule has 0 atom stereocenters. The Bertz CT molecular complexity index is 503. The zero-order valence-corrected chi connectivity index (χ0v) is 7.99. The van der Waals surface area contributed by atoms with Gasteiger partial charge >= 0.3 is 0 Å². The van der Waals surface area contributed by atoms with Crippen molar-refractivity contribution < 1.29 is 5.11 Å². The van der Waals surface area contributed by atoms with Crippen molar-refractivity contribution in [2.75, 3.05) is 0 Å². The number of pyridine rings is 1. The maximum absolute atomic E-state index is 9.59. The molecule has 0 aliphatic carbocycles. The van der Waals surface area contributed by atoms with Gasteiger partial charge in [0.25, 0.3) is 0 Å². The van der Waals surface area contributed by atoms with Gasteiger partial charge in [0.15, 0.2) is 0 Å². The second-order valence-corrected chi connectivity index (χ2v) is 3.31. The number of fused-ring (bicyclic) bond motifs is 1. The minimum atomic E-state index is 0.214. The Morgan fingerprint density at radius 2 is 2.14 bits per heavy atom. The monoisotopic (exact) mass is 185 g/mol. The molecule has 0 unspecified atom stereocenters. The molecule has 0 saturated carbocycles. The van der Waals surface area contributed by atoms with Crippen molar-refractivity contribution in [2.45, 2.75) is 6.92 Å². The number of phenols is 1. The largest absolute Gasteiger partial charge is 0.506 e. The molecule has 0 amide bonds. The van der Waals surface area contributed by atoms with Crippen LogP contribution < -0.4 is 0 Å². The third-order valence-corrected chi connectivity index (χ3v) is 2.21. The van der Waals surface area contributed by atoms with Crippen molar-refractivity contribution in [1.82, 2.24) is 4.98 Å². The molecule has 1 aromatic heterocycles. The molecule has 0 bridgehead atoms. The van der Waals surface area contributed by atoms with Crippen LogP contribution >= 0.6 is 0 Å². The van der Waals surface area contributed by atoms with E-state index in [0.29, 0.717) is 5.52 Å². The number of phenolic OH excluding ortho intramolecular Hbond substituents is 1. The highest BCUT2D eigenvalue weighted by Gasteiger charge is 2.05. The Kier molecular flexibility index (Phi) is 1.97. The van der Waals surface area contributed by atoms with Crippen LogP contribution in [0.3, 0.4) is 0 Å². The van der Waals surface area contributed by atoms with Crippen molar-refractivity contribution >= 4 is 16.5 Å². The summed E-state index contributed by atoms with van der Waals surface area (Å²) in [5.41, 5.74) is 2.64. The van der Waals surface area contributed by atoms with Crippen molar-refractivity contribution in [3.63, 3.8) is 0 Å². The molecule has 70 valence electrons. The fourth-order valence-electron chi connectivity index (χ4n) is 1.53. The van der Waals surface area contributed by atoms with Crippen LogP contribution in [0.25, 0.3) is 16.5 Å². The van der Waals surface area contributed by atoms with Gasteiger partial charge in [-0.1, -0.05) is 24.3 Å². The molecule has 2 heteroatoms. The van der Waals surface area contributed by atoms with E-state index < -0.39 is 0 Å². The number of nitrogens with zero attached hydrogens (tertiary/aromatic N) is 1. The predicted molar refractivity (Wildman–Crippen MR) is 58.1 cm³/mol. The van der Waals surface area contributed by atoms with Crippen molar-refractivity contribution in [1.29, 1.82) is 0 Å². The smallest absolute Gasteiger partial charge is 0.141 e. The first-order valence-corrected chi connectivity index (χ1v) is 4.42. The topological polar surface area (TPSA) is 33.1 Å². The third kappa shape index (κ3) is 1.25. The van der Waals surface area contributed by atoms with Gasteiger partial charge in [-0.25, -0.2) is 0 Å². The molecule has 1 N–H and O–H groups in total. The highest BCUT2D eigenvalue weighted by molar-refractivity contribution is 5.94. The lowest BCUT2D eigenvalue weighted by atomic mass is 10.0. The van der Waals surface area contributed by atoms with Crippen molar-refractivity contribution in [3.05, 3.63) is 42.6 Å². The number of aromatic nitrogens is 1. The van der Waals surface area contributed by atoms with E-state index in [1.54, 1.807) is 12.3 Å². The summed E-state index contributed by atoms with van der Waals surface area (Å²) < 4.78 is 0. The van der Waals surface area contributed by atoms with Gasteiger partial charge in [-0.15, -0.1) is 0 Å². The van der Waals surface area contributed by atoms with Crippen molar-refractivity contribution in [2.24, 2.45) is 0 Å². The van der Waals surface area contributed by atoms with E-state index in [9.17, 15) is 5.11 Å². The van der Waals surface area contributed by atoms with E-state index in [0.717, 1.165) is 16.5 Å². The minimum Gasteiger partial charge on any atom is -0.506 e. The Balaban J connectivity index is 2.88. The maximum Gasteiger partial charge on any atom is 0.141 e. The molecular formula is C12H11NO. The lowest BCUT2D eigenvalue weighted by Crippen LogP contribution is -1.85. The number of hydrogen-bond donors (Lipinski definition) is 1. The van der Waals surface area contributed by atoms with E-state index in [4.69, 9.17) is 0 Å². The zero-order valence-electron chi connectivity index (χ0n) is 7.99. The summed E-state index contributed by atoms with van der Waals surface area (Å²) in [5, 5.41) is 10.5. The summed E-state index contributed by atoms with van der Waals surface area (Å²) in [6, 6.07) is 7.31. The van der Waals surface area contributed by atoms with Crippen LogP contribution in [0.4, 0.5) is 0 Å². The molecule has 1 heterocycles. The number of aromatic hydroxyl groups is 1. The number of benzene rings is 1. The number of hydrogen-bond acceptors (Lipinski definition) is 2. The fourth-order valence-corrected chi connectivity index (χ4v) is 1.53. The summed E-state index contributed by atoms with van der Waals surface area (Å²) in [4.78, 5) is 4.13. The van der Waals surface area contributed by atoms with E-state index in [1.165, 1.54) is 0 Å². The molecule has 2 rings (SSSR count). The Labute approximate surface area is 82.5 Å². The van der Waals surface area contributed by atoms with Crippen LogP contribution in [0, 0.1) is 0 Å². The van der Waals surface area contributed by atoms with E-state index >= 15 is 0 Å². The first-order chi connectivity index (χ1) is 6.70. The first-order valence-electron chi connectivity index (χ1n) is 4.42. The van der Waals surface area contributed by atoms with Gasteiger partial charge in [-0.3, -0.25) is 4.98 Å². The molecule has 0 aliphatic heterocycles. The van der Waals surface area contributed by atoms with Gasteiger partial charge in [0.2, 0.25) is 0 Å². The SMILES string of the molecule is C=C(C)c1ccc(O)c2ncccc12. The lowest BCUT2D eigenvalue weighted by molar-refractivity contribution is 0.480. The van der Waals surface area contributed by atoms with Crippen LogP contribution in [-0.4, -0.2) is 10.1 Å². The van der Waals surface area contributed by atoms with E-state index in [-0.39, 0.29) is 5.75 Å². The van der Waals surface area contributed by atoms with Crippen LogP contribution in [0.1, 0.15) is 12.5 Å². The number of rotatable bonds is 1. The lowest BCUT2D eigenvalue weighted by Gasteiger charge is -2.06. The molecule has 2 nitrogen and oxygen atoms in total. The highest BCUT2D eigenvalue weighted by Crippen LogP contribution is 2.28. The highest BCUT2D eigenvalue weighted by atomic mass is 16.3. The van der Waals surface area contributed by atoms with Gasteiger partial charge in [-0.2, -0.15) is 0 Å². The van der Waals surface area contributed by atoms with Crippen molar-refractivity contribution in [3.8, 4) is 5.75 Å². The summed E-state index contributed by atoms with van der Waals surface area (Å²) in [7, 11) is 0. The van der Waals surface area contributed by atoms with Gasteiger partial charge in [0, 0.05) is 11.6 Å². The quantitative estimate of drug-likeness (QED) is 0.740. The van der Waals surface area contributed by atoms with Gasteiger partial charge < -0.3 is 5.11 Å². The van der Waals surface area contributed by atoms with E-state index in [2.05, 4.69) is 11.6 Å². The molecule has 2 aromatic rings. The summed E-state index contributed by atoms with van der Waals surface area (Å²) >= 11 is 0. The summed E-state index contributed by atoms with van der Waals surface area (Å²) in [6.45, 7) is 5.84. The first kappa shape index (κ1) is 8.75. The normalized spacial score (nSPS) is 10.4. The molecule has 0 fully saturated rings. The maximum atomic E-state index is 9.59. The molecule has 0 aliphatic rings. The van der Waals surface area contributed by atoms with Gasteiger partial charge in [0.05, 0.1) is 0 Å². The predicted octanol–water partition coefficient (Wildman–Crippen LogP) is 2.97. The molecule has 1 aromatic carbocycles. The van der Waals surface area contributed by atoms with Gasteiger partial charge in [0.1, 0.15) is 11.3 Å². The molecular weight excluding hydrogens is 174 g/mol. The Morgan fingerprint density at radius 3 is 2.86 bits per heavy atom. The van der Waals surface area contributed by atoms with Crippen LogP contribution in [0.5, 0.6) is 5.75 Å². The molecule has 14 heavy (non-hydrogen) atoms. The van der Waals surface area contributed by atoms with Crippen LogP contribution in [-0.2, 0) is 0 Å². The summed E-state index contributed by atoms with van der Waals surface area (Å²) in [5.74, 6) is 0.214. The van der Waals surface area contributed by atoms with Gasteiger partial charge in [-0.05, 0) is 24.6 Å². The molecule has 0 spiro atoms. The minimum absolute atomic E-state index is 0.214. The average molecular weight is 185 g/mol. The van der Waals surface area contributed by atoms with E-state index in [1.807, 2.05) is 25.1 Å². The second-order valence-electron chi connectivity index (χ2n) is 3.31. The van der Waals surface area contributed by atoms with Crippen LogP contribution in [0.15, 0.2) is 37.0 Å². The number of allylic oxidation sites excluding steroid dienone is 1. The third-order valence-electron chi connectivity index (χ3n) is 2.21. The molecule has 0 radical (unpaired) electrons. The molecule has 0 saturated heterocycles.